The van der Waals surface area contributed by atoms with E-state index in [2.05, 4.69) is 27.1 Å². The van der Waals surface area contributed by atoms with Crippen LogP contribution in [0, 0.1) is 5.41 Å². The second kappa shape index (κ2) is 7.61. The van der Waals surface area contributed by atoms with E-state index < -0.39 is 0 Å². The Kier molecular flexibility index (Phi) is 5.82. The molecule has 1 unspecified atom stereocenters. The molecule has 0 aliphatic rings. The van der Waals surface area contributed by atoms with Gasteiger partial charge >= 0.3 is 0 Å². The van der Waals surface area contributed by atoms with Gasteiger partial charge in [0.05, 0.1) is 14.2 Å². The molecule has 0 aliphatic heterocycles. The normalized spacial score (nSPS) is 10.6. The molecule has 2 rings (SSSR count). The molecule has 0 amide bonds. The molecule has 0 aromatic heterocycles. The molecular formula is C15H16IN2O2P. The molecule has 0 aliphatic carbocycles. The van der Waals surface area contributed by atoms with Crippen LogP contribution in [0.3, 0.4) is 0 Å². The van der Waals surface area contributed by atoms with Gasteiger partial charge in [0.2, 0.25) is 0 Å². The molecule has 21 heavy (non-hydrogen) atoms. The average Bonchev–Trinajstić information content (AvgIpc) is 2.54. The van der Waals surface area contributed by atoms with Crippen molar-refractivity contribution in [1.29, 1.82) is 5.41 Å². The van der Waals surface area contributed by atoms with Crippen molar-refractivity contribution in [3.63, 3.8) is 0 Å². The van der Waals surface area contributed by atoms with Crippen LogP contribution in [0.4, 0.5) is 5.69 Å². The van der Waals surface area contributed by atoms with Gasteiger partial charge in [-0.1, -0.05) is 12.1 Å². The summed E-state index contributed by atoms with van der Waals surface area (Å²) in [6.45, 7) is 0. The van der Waals surface area contributed by atoms with E-state index in [1.165, 1.54) is 6.21 Å². The van der Waals surface area contributed by atoms with Crippen molar-refractivity contribution < 1.29 is 9.47 Å². The van der Waals surface area contributed by atoms with Crippen molar-refractivity contribution in [2.45, 2.75) is 0 Å². The van der Waals surface area contributed by atoms with Gasteiger partial charge in [0.15, 0.2) is 0 Å². The van der Waals surface area contributed by atoms with Crippen LogP contribution in [0.15, 0.2) is 36.4 Å². The van der Waals surface area contributed by atoms with Crippen LogP contribution in [-0.4, -0.2) is 20.4 Å². The number of rotatable bonds is 6. The van der Waals surface area contributed by atoms with E-state index in [9.17, 15) is 0 Å². The third-order valence-electron chi connectivity index (χ3n) is 3.08. The van der Waals surface area contributed by atoms with Gasteiger partial charge in [-0.3, -0.25) is 0 Å². The Morgan fingerprint density at radius 1 is 1.05 bits per heavy atom. The molecule has 1 atom stereocenters. The number of methoxy groups -OCH3 is 2. The SMILES string of the molecule is COc1cc(OC)cc(-c2ccc(C=N)c(NPI)c2)c1. The summed E-state index contributed by atoms with van der Waals surface area (Å²) in [7, 11) is 3.28. The van der Waals surface area contributed by atoms with Crippen molar-refractivity contribution in [2.75, 3.05) is 19.3 Å². The largest absolute Gasteiger partial charge is 0.497 e. The van der Waals surface area contributed by atoms with Crippen LogP contribution in [0.2, 0.25) is 0 Å². The van der Waals surface area contributed by atoms with E-state index in [0.29, 0.717) is 6.37 Å². The first-order chi connectivity index (χ1) is 10.2. The third-order valence-corrected chi connectivity index (χ3v) is 4.25. The summed E-state index contributed by atoms with van der Waals surface area (Å²) in [5, 5.41) is 10.8. The summed E-state index contributed by atoms with van der Waals surface area (Å²) in [5.41, 5.74) is 3.90. The van der Waals surface area contributed by atoms with Crippen LogP contribution in [0.5, 0.6) is 11.5 Å². The van der Waals surface area contributed by atoms with Crippen LogP contribution in [0.1, 0.15) is 5.56 Å². The predicted molar refractivity (Wildman–Crippen MR) is 98.8 cm³/mol. The number of hydrogen-bond donors (Lipinski definition) is 2. The molecule has 0 heterocycles. The van der Waals surface area contributed by atoms with Crippen molar-refractivity contribution in [2.24, 2.45) is 0 Å². The van der Waals surface area contributed by atoms with Crippen LogP contribution in [-0.2, 0) is 0 Å². The highest BCUT2D eigenvalue weighted by Gasteiger charge is 2.07. The Balaban J connectivity index is 2.50. The summed E-state index contributed by atoms with van der Waals surface area (Å²) in [4.78, 5) is 0. The van der Waals surface area contributed by atoms with Crippen molar-refractivity contribution in [3.8, 4) is 22.6 Å². The second-order valence-corrected chi connectivity index (χ2v) is 6.32. The number of anilines is 1. The van der Waals surface area contributed by atoms with E-state index in [4.69, 9.17) is 14.9 Å². The first kappa shape index (κ1) is 16.0. The summed E-state index contributed by atoms with van der Waals surface area (Å²) >= 11 is 2.27. The lowest BCUT2D eigenvalue weighted by Crippen LogP contribution is -1.92. The van der Waals surface area contributed by atoms with Gasteiger partial charge < -0.3 is 20.0 Å². The zero-order valence-corrected chi connectivity index (χ0v) is 14.9. The molecule has 2 N–H and O–H groups in total. The molecule has 0 saturated heterocycles. The average molecular weight is 414 g/mol. The topological polar surface area (TPSA) is 54.3 Å². The predicted octanol–water partition coefficient (Wildman–Crippen LogP) is 4.72. The summed E-state index contributed by atoms with van der Waals surface area (Å²) in [6.07, 6.45) is 1.91. The van der Waals surface area contributed by atoms with Crippen LogP contribution in [0.25, 0.3) is 11.1 Å². The zero-order chi connectivity index (χ0) is 15.2. The Bertz CT molecular complexity index is 627. The van der Waals surface area contributed by atoms with E-state index in [1.807, 2.05) is 36.4 Å². The van der Waals surface area contributed by atoms with Gasteiger partial charge in [0.25, 0.3) is 0 Å². The van der Waals surface area contributed by atoms with Gasteiger partial charge in [-0.2, -0.15) is 0 Å². The first-order valence-electron chi connectivity index (χ1n) is 6.21. The fourth-order valence-electron chi connectivity index (χ4n) is 1.99. The maximum atomic E-state index is 7.46. The fraction of sp³-hybridized carbons (Fsp3) is 0.133. The molecule has 0 saturated carbocycles. The minimum atomic E-state index is 0.551. The molecule has 4 nitrogen and oxygen atoms in total. The molecule has 2 aromatic carbocycles. The molecule has 0 fully saturated rings. The molecule has 2 aromatic rings. The molecule has 0 bridgehead atoms. The van der Waals surface area contributed by atoms with Crippen LogP contribution < -0.4 is 14.6 Å². The van der Waals surface area contributed by atoms with E-state index in [1.54, 1.807) is 14.2 Å². The van der Waals surface area contributed by atoms with Crippen molar-refractivity contribution in [3.05, 3.63) is 42.0 Å². The van der Waals surface area contributed by atoms with Crippen molar-refractivity contribution in [1.82, 2.24) is 0 Å². The Morgan fingerprint density at radius 3 is 2.24 bits per heavy atom. The third kappa shape index (κ3) is 3.86. The minimum Gasteiger partial charge on any atom is -0.497 e. The lowest BCUT2D eigenvalue weighted by atomic mass is 10.0. The molecular weight excluding hydrogens is 398 g/mol. The lowest BCUT2D eigenvalue weighted by Gasteiger charge is -2.12. The zero-order valence-electron chi connectivity index (χ0n) is 11.7. The van der Waals surface area contributed by atoms with E-state index >= 15 is 0 Å². The van der Waals surface area contributed by atoms with E-state index in [-0.39, 0.29) is 0 Å². The number of hydrogen-bond acceptors (Lipinski definition) is 4. The van der Waals surface area contributed by atoms with Crippen LogP contribution >= 0.6 is 28.4 Å². The van der Waals surface area contributed by atoms with Crippen molar-refractivity contribution >= 4 is 40.3 Å². The number of benzene rings is 2. The molecule has 6 heteroatoms. The Hall–Kier alpha value is -1.33. The number of nitrogens with one attached hydrogen (secondary N) is 2. The van der Waals surface area contributed by atoms with Gasteiger partial charge in [-0.25, -0.2) is 0 Å². The van der Waals surface area contributed by atoms with Gasteiger partial charge in [-0.05, 0) is 51.4 Å². The van der Waals surface area contributed by atoms with E-state index in [0.717, 1.165) is 33.9 Å². The monoisotopic (exact) mass is 414 g/mol. The van der Waals surface area contributed by atoms with Gasteiger partial charge in [0.1, 0.15) is 11.5 Å². The maximum absolute atomic E-state index is 7.46. The smallest absolute Gasteiger partial charge is 0.123 e. The fourth-order valence-corrected chi connectivity index (χ4v) is 3.18. The first-order valence-corrected chi connectivity index (χ1v) is 10.3. The minimum absolute atomic E-state index is 0.551. The standard InChI is InChI=1S/C15H16IN2O2P/c1-19-13-5-12(6-14(8-13)20-2)10-3-4-11(9-17)15(7-10)18-21-16/h3-9,17-18,21H,1-2H3. The number of ether oxygens (including phenoxy) is 2. The summed E-state index contributed by atoms with van der Waals surface area (Å²) in [6, 6.07) is 11.8. The number of halogens is 1. The highest BCUT2D eigenvalue weighted by atomic mass is 127. The Labute approximate surface area is 139 Å². The molecule has 110 valence electrons. The lowest BCUT2D eigenvalue weighted by molar-refractivity contribution is 0.394. The highest BCUT2D eigenvalue weighted by molar-refractivity contribution is 14.2. The summed E-state index contributed by atoms with van der Waals surface area (Å²) < 4.78 is 10.6. The maximum Gasteiger partial charge on any atom is 0.123 e. The molecule has 0 spiro atoms. The van der Waals surface area contributed by atoms with Gasteiger partial charge in [-0.15, -0.1) is 0 Å². The van der Waals surface area contributed by atoms with Gasteiger partial charge in [0, 0.05) is 29.9 Å². The quantitative estimate of drug-likeness (QED) is 0.409. The molecule has 0 radical (unpaired) electrons. The Morgan fingerprint density at radius 2 is 1.71 bits per heavy atom. The second-order valence-electron chi connectivity index (χ2n) is 4.27. The summed E-state index contributed by atoms with van der Waals surface area (Å²) in [5.74, 6) is 1.51. The highest BCUT2D eigenvalue weighted by Crippen LogP contribution is 2.33.